The highest BCUT2D eigenvalue weighted by Crippen LogP contribution is 2.32. The largest absolute Gasteiger partial charge is 0.325 e. The van der Waals surface area contributed by atoms with Crippen LogP contribution in [0.5, 0.6) is 0 Å². The molecule has 1 aliphatic rings. The van der Waals surface area contributed by atoms with Gasteiger partial charge >= 0.3 is 0 Å². The summed E-state index contributed by atoms with van der Waals surface area (Å²) in [4.78, 5) is 18.0. The maximum Gasteiger partial charge on any atom is 0.229 e. The predicted molar refractivity (Wildman–Crippen MR) is 102 cm³/mol. The quantitative estimate of drug-likeness (QED) is 0.754. The number of benzene rings is 1. The van der Waals surface area contributed by atoms with Crippen LogP contribution in [0.4, 0.5) is 5.69 Å². The first-order valence-corrected chi connectivity index (χ1v) is 9.25. The zero-order chi connectivity index (χ0) is 17.1. The SMILES string of the molecule is O=C(Nc1csc(-c2ccncc2)c1)[C@H]1CNC[C@@H]1c1ccccc1. The number of carbonyl (C=O) groups excluding carboxylic acids is 1. The molecule has 0 bridgehead atoms. The standard InChI is InChI=1S/C20H19N3OS/c24-20(18-12-22-11-17(18)14-4-2-1-3-5-14)23-16-10-19(25-13-16)15-6-8-21-9-7-15/h1-10,13,17-18,22H,11-12H2,(H,23,24)/t17-,18+/m1/s1. The highest BCUT2D eigenvalue weighted by atomic mass is 32.1. The average molecular weight is 349 g/mol. The van der Waals surface area contributed by atoms with Gasteiger partial charge in [-0.1, -0.05) is 30.3 Å². The first-order valence-electron chi connectivity index (χ1n) is 8.37. The molecule has 1 fully saturated rings. The van der Waals surface area contributed by atoms with Gasteiger partial charge in [0.15, 0.2) is 0 Å². The van der Waals surface area contributed by atoms with Crippen LogP contribution < -0.4 is 10.6 Å². The third kappa shape index (κ3) is 3.48. The predicted octanol–water partition coefficient (Wildman–Crippen LogP) is 3.75. The van der Waals surface area contributed by atoms with E-state index < -0.39 is 0 Å². The van der Waals surface area contributed by atoms with Crippen LogP contribution in [0, 0.1) is 5.92 Å². The van der Waals surface area contributed by atoms with Crippen molar-refractivity contribution in [3.8, 4) is 10.4 Å². The topological polar surface area (TPSA) is 54.0 Å². The van der Waals surface area contributed by atoms with E-state index >= 15 is 0 Å². The van der Waals surface area contributed by atoms with Crippen molar-refractivity contribution in [2.75, 3.05) is 18.4 Å². The molecule has 3 aromatic rings. The molecule has 4 nitrogen and oxygen atoms in total. The number of anilines is 1. The highest BCUT2D eigenvalue weighted by Gasteiger charge is 2.33. The van der Waals surface area contributed by atoms with Crippen molar-refractivity contribution in [1.82, 2.24) is 10.3 Å². The molecule has 1 aliphatic heterocycles. The molecule has 2 atom stereocenters. The molecule has 2 aromatic heterocycles. The van der Waals surface area contributed by atoms with Gasteiger partial charge in [0.05, 0.1) is 11.6 Å². The van der Waals surface area contributed by atoms with Gasteiger partial charge in [0.1, 0.15) is 0 Å². The van der Waals surface area contributed by atoms with Crippen molar-refractivity contribution in [3.63, 3.8) is 0 Å². The van der Waals surface area contributed by atoms with Crippen LogP contribution in [0.1, 0.15) is 11.5 Å². The van der Waals surface area contributed by atoms with Crippen LogP contribution in [0.15, 0.2) is 66.3 Å². The Labute approximate surface area is 150 Å². The summed E-state index contributed by atoms with van der Waals surface area (Å²) < 4.78 is 0. The Morgan fingerprint density at radius 3 is 2.72 bits per heavy atom. The lowest BCUT2D eigenvalue weighted by Crippen LogP contribution is -2.27. The average Bonchev–Trinajstić information content (AvgIpc) is 3.33. The lowest BCUT2D eigenvalue weighted by atomic mass is 9.88. The van der Waals surface area contributed by atoms with E-state index in [-0.39, 0.29) is 17.7 Å². The van der Waals surface area contributed by atoms with E-state index in [2.05, 4.69) is 27.8 Å². The van der Waals surface area contributed by atoms with Crippen molar-refractivity contribution in [2.45, 2.75) is 5.92 Å². The molecule has 0 radical (unpaired) electrons. The Morgan fingerprint density at radius 1 is 1.12 bits per heavy atom. The van der Waals surface area contributed by atoms with Crippen LogP contribution in [0.3, 0.4) is 0 Å². The van der Waals surface area contributed by atoms with Gasteiger partial charge in [-0.05, 0) is 29.3 Å². The number of pyridine rings is 1. The summed E-state index contributed by atoms with van der Waals surface area (Å²) in [6, 6.07) is 16.2. The van der Waals surface area contributed by atoms with Gasteiger partial charge in [0, 0.05) is 41.7 Å². The van der Waals surface area contributed by atoms with Gasteiger partial charge in [0.2, 0.25) is 5.91 Å². The smallest absolute Gasteiger partial charge is 0.229 e. The Morgan fingerprint density at radius 2 is 1.92 bits per heavy atom. The van der Waals surface area contributed by atoms with Gasteiger partial charge in [-0.25, -0.2) is 0 Å². The molecule has 1 aromatic carbocycles. The number of amides is 1. The molecule has 2 N–H and O–H groups in total. The summed E-state index contributed by atoms with van der Waals surface area (Å²) in [5, 5.41) is 8.44. The summed E-state index contributed by atoms with van der Waals surface area (Å²) in [6.45, 7) is 1.56. The first-order chi connectivity index (χ1) is 12.3. The lowest BCUT2D eigenvalue weighted by Gasteiger charge is -2.18. The van der Waals surface area contributed by atoms with Crippen LogP contribution in [-0.2, 0) is 4.79 Å². The second-order valence-electron chi connectivity index (χ2n) is 6.21. The summed E-state index contributed by atoms with van der Waals surface area (Å²) >= 11 is 1.63. The van der Waals surface area contributed by atoms with E-state index in [1.165, 1.54) is 5.56 Å². The van der Waals surface area contributed by atoms with E-state index in [0.29, 0.717) is 6.54 Å². The third-order valence-electron chi connectivity index (χ3n) is 4.61. The molecule has 4 rings (SSSR count). The number of nitrogens with zero attached hydrogens (tertiary/aromatic N) is 1. The third-order valence-corrected chi connectivity index (χ3v) is 5.59. The fourth-order valence-corrected chi connectivity index (χ4v) is 4.16. The van der Waals surface area contributed by atoms with Crippen molar-refractivity contribution < 1.29 is 4.79 Å². The number of hydrogen-bond acceptors (Lipinski definition) is 4. The number of rotatable bonds is 4. The minimum atomic E-state index is -0.0494. The molecule has 0 unspecified atom stereocenters. The van der Waals surface area contributed by atoms with Gasteiger partial charge in [-0.3, -0.25) is 9.78 Å². The number of aromatic nitrogens is 1. The minimum absolute atomic E-state index is 0.0494. The molecule has 1 amide bonds. The fraction of sp³-hybridized carbons (Fsp3) is 0.200. The second-order valence-corrected chi connectivity index (χ2v) is 7.12. The van der Waals surface area contributed by atoms with Crippen molar-refractivity contribution in [3.05, 3.63) is 71.9 Å². The number of thiophene rings is 1. The summed E-state index contributed by atoms with van der Waals surface area (Å²) in [7, 11) is 0. The Kier molecular flexibility index (Phi) is 4.59. The maximum atomic E-state index is 12.8. The normalized spacial score (nSPS) is 19.7. The molecule has 0 saturated carbocycles. The van der Waals surface area contributed by atoms with Gasteiger partial charge in [-0.2, -0.15) is 0 Å². The summed E-state index contributed by atoms with van der Waals surface area (Å²) in [5.41, 5.74) is 3.20. The van der Waals surface area contributed by atoms with E-state index in [1.807, 2.05) is 41.8 Å². The molecule has 126 valence electrons. The Bertz CT molecular complexity index is 848. The van der Waals surface area contributed by atoms with Gasteiger partial charge < -0.3 is 10.6 Å². The molecule has 1 saturated heterocycles. The van der Waals surface area contributed by atoms with E-state index in [4.69, 9.17) is 0 Å². The van der Waals surface area contributed by atoms with E-state index in [9.17, 15) is 4.79 Å². The molecule has 0 aliphatic carbocycles. The molecule has 0 spiro atoms. The number of hydrogen-bond donors (Lipinski definition) is 2. The molecular weight excluding hydrogens is 330 g/mol. The maximum absolute atomic E-state index is 12.8. The number of carbonyl (C=O) groups is 1. The van der Waals surface area contributed by atoms with Crippen molar-refractivity contribution in [1.29, 1.82) is 0 Å². The Balaban J connectivity index is 1.48. The van der Waals surface area contributed by atoms with E-state index in [1.54, 1.807) is 23.7 Å². The number of nitrogens with one attached hydrogen (secondary N) is 2. The highest BCUT2D eigenvalue weighted by molar-refractivity contribution is 7.14. The second kappa shape index (κ2) is 7.17. The monoisotopic (exact) mass is 349 g/mol. The molecular formula is C20H19N3OS. The van der Waals surface area contributed by atoms with Crippen LogP contribution in [0.25, 0.3) is 10.4 Å². The lowest BCUT2D eigenvalue weighted by molar-refractivity contribution is -0.119. The van der Waals surface area contributed by atoms with Crippen LogP contribution in [0.2, 0.25) is 0 Å². The molecule has 25 heavy (non-hydrogen) atoms. The van der Waals surface area contributed by atoms with Crippen LogP contribution in [-0.4, -0.2) is 24.0 Å². The first kappa shape index (κ1) is 16.0. The van der Waals surface area contributed by atoms with Crippen LogP contribution >= 0.6 is 11.3 Å². The van der Waals surface area contributed by atoms with Crippen molar-refractivity contribution in [2.24, 2.45) is 5.92 Å². The van der Waals surface area contributed by atoms with Crippen molar-refractivity contribution >= 4 is 22.9 Å². The fourth-order valence-electron chi connectivity index (χ4n) is 3.31. The summed E-state index contributed by atoms with van der Waals surface area (Å²) in [5.74, 6) is 0.254. The minimum Gasteiger partial charge on any atom is -0.325 e. The van der Waals surface area contributed by atoms with Gasteiger partial charge in [0.25, 0.3) is 0 Å². The summed E-state index contributed by atoms with van der Waals surface area (Å²) in [6.07, 6.45) is 3.56. The van der Waals surface area contributed by atoms with E-state index in [0.717, 1.165) is 22.7 Å². The zero-order valence-corrected chi connectivity index (χ0v) is 14.5. The van der Waals surface area contributed by atoms with Gasteiger partial charge in [-0.15, -0.1) is 11.3 Å². The molecule has 3 heterocycles. The molecule has 5 heteroatoms. The Hall–Kier alpha value is -2.50. The zero-order valence-electron chi connectivity index (χ0n) is 13.7.